The summed E-state index contributed by atoms with van der Waals surface area (Å²) in [5.74, 6) is -0.492. The highest BCUT2D eigenvalue weighted by Crippen LogP contribution is 2.30. The van der Waals surface area contributed by atoms with Crippen LogP contribution in [0, 0.1) is 0 Å². The van der Waals surface area contributed by atoms with E-state index >= 15 is 0 Å². The summed E-state index contributed by atoms with van der Waals surface area (Å²) in [5, 5.41) is 1.09. The average Bonchev–Trinajstić information content (AvgIpc) is 2.53. The molecule has 1 aliphatic heterocycles. The van der Waals surface area contributed by atoms with E-state index in [1.54, 1.807) is 18.2 Å². The van der Waals surface area contributed by atoms with Crippen molar-refractivity contribution in [1.29, 1.82) is 0 Å². The Morgan fingerprint density at radius 1 is 1.25 bits per heavy atom. The van der Waals surface area contributed by atoms with Crippen LogP contribution in [0.5, 0.6) is 0 Å². The molecule has 0 aromatic heterocycles. The number of nitrogens with zero attached hydrogens (tertiary/aromatic N) is 1. The zero-order valence-corrected chi connectivity index (χ0v) is 16.1. The first-order valence-electron chi connectivity index (χ1n) is 7.93. The molecular formula is C17H21Cl2NO3S. The molecule has 1 heterocycles. The van der Waals surface area contributed by atoms with Crippen molar-refractivity contribution in [2.75, 3.05) is 12.4 Å². The molecule has 0 N–H and O–H groups in total. The third kappa shape index (κ3) is 5.30. The number of hydrogen-bond donors (Lipinski definition) is 0. The molecule has 7 heteroatoms. The number of hydrogen-bond acceptors (Lipinski definition) is 4. The highest BCUT2D eigenvalue weighted by molar-refractivity contribution is 8.00. The quantitative estimate of drug-likeness (QED) is 0.552. The average molecular weight is 390 g/mol. The summed E-state index contributed by atoms with van der Waals surface area (Å²) in [6.07, 6.45) is 3.11. The molecule has 1 saturated heterocycles. The topological polar surface area (TPSA) is 46.6 Å². The van der Waals surface area contributed by atoms with Gasteiger partial charge >= 0.3 is 5.97 Å². The Bertz CT molecular complexity index is 601. The third-order valence-electron chi connectivity index (χ3n) is 4.08. The van der Waals surface area contributed by atoms with Crippen molar-refractivity contribution >= 4 is 46.8 Å². The van der Waals surface area contributed by atoms with Gasteiger partial charge in [-0.1, -0.05) is 23.2 Å². The van der Waals surface area contributed by atoms with Gasteiger partial charge in [0.15, 0.2) is 6.61 Å². The second-order valence-corrected chi connectivity index (χ2v) is 7.81. The highest BCUT2D eigenvalue weighted by Gasteiger charge is 2.29. The van der Waals surface area contributed by atoms with Gasteiger partial charge < -0.3 is 9.64 Å². The van der Waals surface area contributed by atoms with Crippen LogP contribution in [-0.2, 0) is 14.3 Å². The van der Waals surface area contributed by atoms with Crippen LogP contribution in [0.15, 0.2) is 23.1 Å². The molecule has 0 bridgehead atoms. The van der Waals surface area contributed by atoms with Crippen molar-refractivity contribution in [2.45, 2.75) is 50.1 Å². The van der Waals surface area contributed by atoms with Gasteiger partial charge in [-0.15, -0.1) is 11.8 Å². The number of likely N-dealkylation sites (tertiary alicyclic amines) is 1. The van der Waals surface area contributed by atoms with Gasteiger partial charge in [-0.25, -0.2) is 0 Å². The number of rotatable bonds is 5. The number of esters is 1. The molecule has 1 aromatic rings. The molecule has 0 aliphatic carbocycles. The van der Waals surface area contributed by atoms with E-state index in [2.05, 4.69) is 0 Å². The van der Waals surface area contributed by atoms with Crippen LogP contribution in [0.4, 0.5) is 0 Å². The fourth-order valence-electron chi connectivity index (χ4n) is 2.90. The largest absolute Gasteiger partial charge is 0.455 e. The Balaban J connectivity index is 1.80. The van der Waals surface area contributed by atoms with E-state index in [9.17, 15) is 9.59 Å². The van der Waals surface area contributed by atoms with Crippen molar-refractivity contribution in [1.82, 2.24) is 4.90 Å². The molecule has 0 radical (unpaired) electrons. The molecule has 2 rings (SSSR count). The molecule has 0 spiro atoms. The second kappa shape index (κ2) is 8.97. The zero-order chi connectivity index (χ0) is 17.7. The van der Waals surface area contributed by atoms with Gasteiger partial charge in [-0.3, -0.25) is 9.59 Å². The Hall–Kier alpha value is -0.910. The molecule has 0 unspecified atom stereocenters. The Morgan fingerprint density at radius 2 is 1.92 bits per heavy atom. The Morgan fingerprint density at radius 3 is 2.58 bits per heavy atom. The van der Waals surface area contributed by atoms with E-state index in [-0.39, 0.29) is 30.4 Å². The van der Waals surface area contributed by atoms with Crippen LogP contribution in [0.1, 0.15) is 33.1 Å². The zero-order valence-electron chi connectivity index (χ0n) is 13.8. The van der Waals surface area contributed by atoms with Crippen molar-refractivity contribution in [3.8, 4) is 0 Å². The van der Waals surface area contributed by atoms with Gasteiger partial charge in [0, 0.05) is 22.0 Å². The van der Waals surface area contributed by atoms with Gasteiger partial charge in [-0.2, -0.15) is 0 Å². The van der Waals surface area contributed by atoms with Gasteiger partial charge in [0.05, 0.1) is 10.8 Å². The number of carbonyl (C=O) groups is 2. The summed E-state index contributed by atoms with van der Waals surface area (Å²) < 4.78 is 5.12. The van der Waals surface area contributed by atoms with Crippen molar-refractivity contribution in [3.63, 3.8) is 0 Å². The number of carbonyl (C=O) groups excluding carboxylic acids is 2. The summed E-state index contributed by atoms with van der Waals surface area (Å²) in [7, 11) is 0. The summed E-state index contributed by atoms with van der Waals surface area (Å²) in [6, 6.07) is 5.45. The maximum absolute atomic E-state index is 12.3. The van der Waals surface area contributed by atoms with E-state index in [1.165, 1.54) is 11.8 Å². The van der Waals surface area contributed by atoms with Gasteiger partial charge in [0.2, 0.25) is 0 Å². The number of piperidine rings is 1. The third-order valence-corrected chi connectivity index (χ3v) is 5.78. The number of ether oxygens (including phenoxy) is 1. The normalized spacial score (nSPS) is 20.8. The minimum atomic E-state index is -0.443. The summed E-state index contributed by atoms with van der Waals surface area (Å²) in [6.45, 7) is 3.86. The Kier molecular flexibility index (Phi) is 7.26. The van der Waals surface area contributed by atoms with Crippen LogP contribution in [0.2, 0.25) is 10.0 Å². The first-order chi connectivity index (χ1) is 11.4. The fraction of sp³-hybridized carbons (Fsp3) is 0.529. The molecule has 132 valence electrons. The lowest BCUT2D eigenvalue weighted by Crippen LogP contribution is -2.49. The molecule has 1 aromatic carbocycles. The smallest absolute Gasteiger partial charge is 0.316 e. The number of halogens is 2. The predicted molar refractivity (Wildman–Crippen MR) is 97.8 cm³/mol. The second-order valence-electron chi connectivity index (χ2n) is 5.95. The van der Waals surface area contributed by atoms with E-state index in [1.807, 2.05) is 18.7 Å². The molecule has 1 amide bonds. The van der Waals surface area contributed by atoms with Gasteiger partial charge in [0.25, 0.3) is 5.91 Å². The van der Waals surface area contributed by atoms with Crippen molar-refractivity contribution < 1.29 is 14.3 Å². The maximum atomic E-state index is 12.3. The van der Waals surface area contributed by atoms with E-state index in [0.717, 1.165) is 19.3 Å². The molecule has 2 atom stereocenters. The highest BCUT2D eigenvalue weighted by atomic mass is 35.5. The van der Waals surface area contributed by atoms with Crippen molar-refractivity contribution in [2.24, 2.45) is 0 Å². The minimum Gasteiger partial charge on any atom is -0.455 e. The van der Waals surface area contributed by atoms with Crippen LogP contribution in [-0.4, -0.2) is 41.2 Å². The van der Waals surface area contributed by atoms with Crippen LogP contribution in [0.3, 0.4) is 0 Å². The minimum absolute atomic E-state index is 0.0818. The molecule has 0 saturated carbocycles. The van der Waals surface area contributed by atoms with Crippen LogP contribution in [0.25, 0.3) is 0 Å². The number of amides is 1. The molecule has 1 fully saturated rings. The van der Waals surface area contributed by atoms with Gasteiger partial charge in [0.1, 0.15) is 0 Å². The van der Waals surface area contributed by atoms with Crippen LogP contribution >= 0.6 is 35.0 Å². The summed E-state index contributed by atoms with van der Waals surface area (Å²) in [5.41, 5.74) is 0. The summed E-state index contributed by atoms with van der Waals surface area (Å²) in [4.78, 5) is 26.7. The molecule has 1 aliphatic rings. The standard InChI is InChI=1S/C17H21Cl2NO3S/c1-11-4-3-5-12(2)20(11)16(21)9-23-17(22)10-24-15-8-13(18)6-7-14(15)19/h6-8,11-12H,3-5,9-10H2,1-2H3/t11-,12-/m1/s1. The van der Waals surface area contributed by atoms with E-state index in [0.29, 0.717) is 14.9 Å². The fourth-order valence-corrected chi connectivity index (χ4v) is 4.19. The predicted octanol–water partition coefficient (Wildman–Crippen LogP) is 4.42. The van der Waals surface area contributed by atoms with Gasteiger partial charge in [-0.05, 0) is 51.3 Å². The first-order valence-corrected chi connectivity index (χ1v) is 9.67. The molecular weight excluding hydrogens is 369 g/mol. The van der Waals surface area contributed by atoms with E-state index < -0.39 is 5.97 Å². The maximum Gasteiger partial charge on any atom is 0.316 e. The first kappa shape index (κ1) is 19.4. The number of thioether (sulfide) groups is 1. The molecule has 4 nitrogen and oxygen atoms in total. The van der Waals surface area contributed by atoms with E-state index in [4.69, 9.17) is 27.9 Å². The lowest BCUT2D eigenvalue weighted by molar-refractivity contribution is -0.153. The Labute approximate surface area is 156 Å². The summed E-state index contributed by atoms with van der Waals surface area (Å²) >= 11 is 13.2. The number of benzene rings is 1. The lowest BCUT2D eigenvalue weighted by atomic mass is 9.97. The lowest BCUT2D eigenvalue weighted by Gasteiger charge is -2.38. The molecule has 24 heavy (non-hydrogen) atoms. The SMILES string of the molecule is C[C@@H]1CCC[C@@H](C)N1C(=O)COC(=O)CSc1cc(Cl)ccc1Cl. The van der Waals surface area contributed by atoms with Crippen LogP contribution < -0.4 is 0 Å². The monoisotopic (exact) mass is 389 g/mol. The van der Waals surface area contributed by atoms with Crippen molar-refractivity contribution in [3.05, 3.63) is 28.2 Å².